The first-order valence-electron chi connectivity index (χ1n) is 7.15. The highest BCUT2D eigenvalue weighted by Crippen LogP contribution is 2.37. The molecule has 1 unspecified atom stereocenters. The highest BCUT2D eigenvalue weighted by atomic mass is 16.4. The van der Waals surface area contributed by atoms with Gasteiger partial charge in [0.25, 0.3) is 0 Å². The van der Waals surface area contributed by atoms with Gasteiger partial charge in [0.1, 0.15) is 0 Å². The number of hydrogen-bond acceptors (Lipinski definition) is 3. The molecule has 112 valence electrons. The second-order valence-electron chi connectivity index (χ2n) is 6.16. The van der Waals surface area contributed by atoms with Crippen molar-refractivity contribution in [3.63, 3.8) is 0 Å². The molecule has 0 aromatic carbocycles. The third-order valence-electron chi connectivity index (χ3n) is 4.13. The van der Waals surface area contributed by atoms with Crippen LogP contribution in [0.1, 0.15) is 32.6 Å². The second kappa shape index (κ2) is 5.81. The summed E-state index contributed by atoms with van der Waals surface area (Å²) in [4.78, 5) is 36.6. The molecule has 0 aromatic heterocycles. The molecule has 6 nitrogen and oxygen atoms in total. The van der Waals surface area contributed by atoms with Crippen molar-refractivity contribution in [2.45, 2.75) is 38.6 Å². The van der Waals surface area contributed by atoms with Gasteiger partial charge < -0.3 is 15.3 Å². The van der Waals surface area contributed by atoms with Crippen LogP contribution in [-0.2, 0) is 14.4 Å². The molecular weight excluding hydrogens is 260 g/mol. The number of carboxylic acids is 1. The molecule has 6 heteroatoms. The van der Waals surface area contributed by atoms with Gasteiger partial charge in [-0.15, -0.1) is 0 Å². The average molecular weight is 282 g/mol. The number of amides is 2. The van der Waals surface area contributed by atoms with Crippen molar-refractivity contribution in [3.05, 3.63) is 0 Å². The van der Waals surface area contributed by atoms with Gasteiger partial charge in [-0.05, 0) is 31.6 Å². The summed E-state index contributed by atoms with van der Waals surface area (Å²) >= 11 is 0. The van der Waals surface area contributed by atoms with Gasteiger partial charge in [0.15, 0.2) is 0 Å². The Morgan fingerprint density at radius 3 is 2.35 bits per heavy atom. The maximum absolute atomic E-state index is 12.3. The lowest BCUT2D eigenvalue weighted by molar-refractivity contribution is -0.149. The molecule has 2 saturated carbocycles. The smallest absolute Gasteiger partial charge is 0.307 e. The quantitative estimate of drug-likeness (QED) is 0.767. The van der Waals surface area contributed by atoms with Gasteiger partial charge in [-0.25, -0.2) is 0 Å². The van der Waals surface area contributed by atoms with Gasteiger partial charge >= 0.3 is 5.97 Å². The van der Waals surface area contributed by atoms with Crippen molar-refractivity contribution in [1.82, 2.24) is 10.2 Å². The van der Waals surface area contributed by atoms with E-state index in [1.165, 1.54) is 4.90 Å². The van der Waals surface area contributed by atoms with Crippen molar-refractivity contribution in [2.75, 3.05) is 13.6 Å². The van der Waals surface area contributed by atoms with Gasteiger partial charge in [-0.3, -0.25) is 14.4 Å². The summed E-state index contributed by atoms with van der Waals surface area (Å²) in [6.45, 7) is 1.97. The van der Waals surface area contributed by atoms with Gasteiger partial charge in [-0.1, -0.05) is 6.92 Å². The maximum Gasteiger partial charge on any atom is 0.307 e. The maximum atomic E-state index is 12.3. The van der Waals surface area contributed by atoms with Gasteiger partial charge in [0.05, 0.1) is 18.4 Å². The monoisotopic (exact) mass is 282 g/mol. The number of nitrogens with one attached hydrogen (secondary N) is 1. The first-order valence-corrected chi connectivity index (χ1v) is 7.15. The molecule has 0 radical (unpaired) electrons. The zero-order valence-electron chi connectivity index (χ0n) is 12.0. The molecule has 0 saturated heterocycles. The van der Waals surface area contributed by atoms with Crippen LogP contribution in [0.3, 0.4) is 0 Å². The molecule has 0 spiro atoms. The summed E-state index contributed by atoms with van der Waals surface area (Å²) in [5.74, 6) is -2.19. The highest BCUT2D eigenvalue weighted by Gasteiger charge is 2.42. The lowest BCUT2D eigenvalue weighted by atomic mass is 9.95. The normalized spacial score (nSPS) is 29.0. The van der Waals surface area contributed by atoms with Crippen LogP contribution >= 0.6 is 0 Å². The van der Waals surface area contributed by atoms with E-state index in [0.717, 1.165) is 12.8 Å². The van der Waals surface area contributed by atoms with Crippen LogP contribution in [0.25, 0.3) is 0 Å². The molecule has 3 atom stereocenters. The zero-order chi connectivity index (χ0) is 14.9. The summed E-state index contributed by atoms with van der Waals surface area (Å²) in [5, 5.41) is 12.0. The second-order valence-corrected chi connectivity index (χ2v) is 6.16. The van der Waals surface area contributed by atoms with Gasteiger partial charge in [-0.2, -0.15) is 0 Å². The summed E-state index contributed by atoms with van der Waals surface area (Å²) < 4.78 is 0. The highest BCUT2D eigenvalue weighted by molar-refractivity contribution is 5.89. The number of aliphatic carboxylic acids is 1. The number of carboxylic acid groups (broad SMARTS) is 1. The van der Waals surface area contributed by atoms with E-state index in [2.05, 4.69) is 5.32 Å². The van der Waals surface area contributed by atoms with Gasteiger partial charge in [0, 0.05) is 13.1 Å². The topological polar surface area (TPSA) is 86.7 Å². The van der Waals surface area contributed by atoms with Crippen molar-refractivity contribution in [1.29, 1.82) is 0 Å². The Kier molecular flexibility index (Phi) is 4.30. The molecule has 20 heavy (non-hydrogen) atoms. The minimum absolute atomic E-state index is 0.00650. The van der Waals surface area contributed by atoms with Crippen molar-refractivity contribution < 1.29 is 19.5 Å². The van der Waals surface area contributed by atoms with Crippen molar-refractivity contribution in [2.24, 2.45) is 17.8 Å². The fourth-order valence-electron chi connectivity index (χ4n) is 2.91. The van der Waals surface area contributed by atoms with E-state index in [9.17, 15) is 19.5 Å². The third-order valence-corrected chi connectivity index (χ3v) is 4.13. The summed E-state index contributed by atoms with van der Waals surface area (Å²) in [6.07, 6.45) is 3.13. The average Bonchev–Trinajstić information content (AvgIpc) is 3.07. The van der Waals surface area contributed by atoms with Crippen LogP contribution in [0.2, 0.25) is 0 Å². The molecule has 2 aliphatic carbocycles. The zero-order valence-corrected chi connectivity index (χ0v) is 12.0. The Balaban J connectivity index is 1.91. The predicted octanol–water partition coefficient (Wildman–Crippen LogP) is 0.470. The van der Waals surface area contributed by atoms with Crippen LogP contribution in [-0.4, -0.2) is 47.4 Å². The summed E-state index contributed by atoms with van der Waals surface area (Å²) in [7, 11) is 1.57. The fourth-order valence-corrected chi connectivity index (χ4v) is 2.91. The Morgan fingerprint density at radius 2 is 1.80 bits per heavy atom. The van der Waals surface area contributed by atoms with E-state index in [-0.39, 0.29) is 30.3 Å². The number of nitrogens with zero attached hydrogens (tertiary/aromatic N) is 1. The van der Waals surface area contributed by atoms with Crippen LogP contribution in [0.4, 0.5) is 0 Å². The number of carbonyl (C=O) groups excluding carboxylic acids is 2. The Labute approximate surface area is 118 Å². The lowest BCUT2D eigenvalue weighted by Gasteiger charge is -2.23. The lowest BCUT2D eigenvalue weighted by Crippen LogP contribution is -2.43. The van der Waals surface area contributed by atoms with E-state index in [0.29, 0.717) is 12.8 Å². The Morgan fingerprint density at radius 1 is 1.20 bits per heavy atom. The predicted molar refractivity (Wildman–Crippen MR) is 71.8 cm³/mol. The largest absolute Gasteiger partial charge is 0.481 e. The summed E-state index contributed by atoms with van der Waals surface area (Å²) in [5.41, 5.74) is 0. The minimum Gasteiger partial charge on any atom is -0.481 e. The van der Waals surface area contributed by atoms with Crippen LogP contribution < -0.4 is 5.32 Å². The molecule has 0 aromatic rings. The molecule has 2 N–H and O–H groups in total. The molecule has 2 fully saturated rings. The minimum atomic E-state index is -0.913. The van der Waals surface area contributed by atoms with Gasteiger partial charge in [0.2, 0.25) is 11.8 Å². The molecule has 2 aliphatic rings. The van der Waals surface area contributed by atoms with E-state index in [1.54, 1.807) is 7.05 Å². The van der Waals surface area contributed by atoms with Crippen LogP contribution in [0.15, 0.2) is 0 Å². The molecule has 0 heterocycles. The third kappa shape index (κ3) is 3.49. The number of likely N-dealkylation sites (N-methyl/N-ethyl adjacent to an activating group) is 1. The molecular formula is C14H22N2O4. The Bertz CT molecular complexity index is 419. The van der Waals surface area contributed by atoms with E-state index >= 15 is 0 Å². The van der Waals surface area contributed by atoms with E-state index in [4.69, 9.17) is 0 Å². The van der Waals surface area contributed by atoms with Crippen molar-refractivity contribution >= 4 is 17.8 Å². The van der Waals surface area contributed by atoms with Crippen LogP contribution in [0, 0.1) is 17.8 Å². The molecule has 2 rings (SSSR count). The number of rotatable bonds is 5. The molecule has 0 aliphatic heterocycles. The number of carbonyl (C=O) groups is 3. The Hall–Kier alpha value is -1.59. The van der Waals surface area contributed by atoms with Crippen molar-refractivity contribution in [3.8, 4) is 0 Å². The molecule has 2 amide bonds. The SMILES string of the molecule is CC1C[C@H](C(=O)N(C)CC(=O)NC2CC2)[C@H](C(=O)O)C1. The molecule has 0 bridgehead atoms. The number of hydrogen-bond donors (Lipinski definition) is 2. The first kappa shape index (κ1) is 14.8. The first-order chi connectivity index (χ1) is 9.38. The fraction of sp³-hybridized carbons (Fsp3) is 0.786. The van der Waals surface area contributed by atoms with E-state index in [1.807, 2.05) is 6.92 Å². The van der Waals surface area contributed by atoms with Crippen LogP contribution in [0.5, 0.6) is 0 Å². The standard InChI is InChI=1S/C14H22N2O4/c1-8-5-10(11(6-8)14(19)20)13(18)16(2)7-12(17)15-9-3-4-9/h8-11H,3-7H2,1-2H3,(H,15,17)(H,19,20)/t8?,10-,11+/m0/s1. The van der Waals surface area contributed by atoms with E-state index < -0.39 is 17.8 Å². The summed E-state index contributed by atoms with van der Waals surface area (Å²) in [6, 6.07) is 0.268.